The molecule has 3 aromatic rings. The van der Waals surface area contributed by atoms with E-state index in [-0.39, 0.29) is 165 Å². The molecule has 0 unspecified atom stereocenters. The molecule has 15 atom stereocenters. The molecule has 3 rings (SSSR count). The van der Waals surface area contributed by atoms with Gasteiger partial charge in [-0.3, -0.25) is 99.0 Å². The van der Waals surface area contributed by atoms with Crippen molar-refractivity contribution in [2.24, 2.45) is 75.6 Å². The number of hydrogen-bond acceptors (Lipinski definition) is 21. The van der Waals surface area contributed by atoms with Crippen LogP contribution >= 0.6 is 0 Å². The lowest BCUT2D eigenvalue weighted by Gasteiger charge is -2.29. The molecule has 47 heteroatoms. The van der Waals surface area contributed by atoms with Gasteiger partial charge in [0.05, 0.1) is 12.6 Å². The summed E-state index contributed by atoms with van der Waals surface area (Å²) in [6, 6.07) is -3.10. The second-order valence-electron chi connectivity index (χ2n) is 36.0. The summed E-state index contributed by atoms with van der Waals surface area (Å²) < 4.78 is 0. The van der Waals surface area contributed by atoms with E-state index in [0.717, 1.165) is 10.9 Å². The van der Waals surface area contributed by atoms with Gasteiger partial charge in [0.1, 0.15) is 78.5 Å². The van der Waals surface area contributed by atoms with Gasteiger partial charge in [0.25, 0.3) is 0 Å². The summed E-state index contributed by atoms with van der Waals surface area (Å²) in [5.41, 5.74) is 41.6. The number of benzene rings is 2. The quantitative estimate of drug-likeness (QED) is 0.0146. The fourth-order valence-corrected chi connectivity index (χ4v) is 14.4. The number of amides is 15. The van der Waals surface area contributed by atoms with Crippen LogP contribution in [0.1, 0.15) is 191 Å². The number of carbonyl (C=O) groups is 15. The molecule has 1 aromatic heterocycles. The molecule has 0 bridgehead atoms. The minimum atomic E-state index is -1.53. The van der Waals surface area contributed by atoms with Gasteiger partial charge in [-0.15, -0.1) is 0 Å². The van der Waals surface area contributed by atoms with Gasteiger partial charge in [0.2, 0.25) is 88.6 Å². The Labute approximate surface area is 794 Å². The molecular formula is C89H152N32O15. The number of nitrogens with two attached hydrogens (primary N) is 7. The molecular weight excluding hydrogens is 1760 g/mol. The number of guanidine groups is 5. The van der Waals surface area contributed by atoms with Gasteiger partial charge in [-0.25, -0.2) is 0 Å². The maximum Gasteiger partial charge on any atom is 0.243 e. The highest BCUT2D eigenvalue weighted by Crippen LogP contribution is 2.22. The number of nitrogens with one attached hydrogen (secondary N) is 25. The minimum absolute atomic E-state index is 0.00425. The van der Waals surface area contributed by atoms with Crippen LogP contribution in [0.15, 0.2) is 60.8 Å². The van der Waals surface area contributed by atoms with Crippen molar-refractivity contribution in [3.8, 4) is 0 Å². The van der Waals surface area contributed by atoms with E-state index in [1.165, 1.54) is 6.92 Å². The second-order valence-corrected chi connectivity index (χ2v) is 36.0. The van der Waals surface area contributed by atoms with E-state index in [4.69, 9.17) is 67.2 Å². The zero-order valence-corrected chi connectivity index (χ0v) is 80.5. The third kappa shape index (κ3) is 44.5. The summed E-state index contributed by atoms with van der Waals surface area (Å²) in [4.78, 5) is 218. The summed E-state index contributed by atoms with van der Waals surface area (Å²) in [7, 11) is 0. The Morgan fingerprint density at radius 3 is 1.05 bits per heavy atom. The molecule has 2 aromatic carbocycles. The average molecular weight is 1910 g/mol. The van der Waals surface area contributed by atoms with E-state index in [1.807, 2.05) is 32.0 Å². The Bertz CT molecular complexity index is 4490. The van der Waals surface area contributed by atoms with Gasteiger partial charge in [-0.1, -0.05) is 138 Å². The largest absolute Gasteiger partial charge is 0.370 e. The Morgan fingerprint density at radius 2 is 0.654 bits per heavy atom. The topological polar surface area (TPSA) is 802 Å². The molecule has 0 aliphatic rings. The molecule has 15 amide bonds. The van der Waals surface area contributed by atoms with Crippen LogP contribution in [0.25, 0.3) is 10.9 Å². The van der Waals surface area contributed by atoms with Gasteiger partial charge < -0.3 is 146 Å². The van der Waals surface area contributed by atoms with E-state index < -0.39 is 209 Å². The van der Waals surface area contributed by atoms with E-state index in [0.29, 0.717) is 17.5 Å². The number of aromatic nitrogens is 1. The summed E-state index contributed by atoms with van der Waals surface area (Å²) >= 11 is 0. The predicted octanol–water partition coefficient (Wildman–Crippen LogP) is -3.98. The third-order valence-electron chi connectivity index (χ3n) is 22.0. The van der Waals surface area contributed by atoms with E-state index >= 15 is 14.4 Å². The Morgan fingerprint density at radius 1 is 0.331 bits per heavy atom. The van der Waals surface area contributed by atoms with E-state index in [9.17, 15) is 57.5 Å². The van der Waals surface area contributed by atoms with Crippen molar-refractivity contribution >= 4 is 129 Å². The Balaban J connectivity index is 1.96. The molecule has 0 fully saturated rings. The molecule has 0 aliphatic carbocycles. The van der Waals surface area contributed by atoms with Crippen LogP contribution < -0.4 is 141 Å². The zero-order valence-electron chi connectivity index (χ0n) is 80.5. The van der Waals surface area contributed by atoms with Gasteiger partial charge in [-0.05, 0) is 143 Å². The first-order valence-electron chi connectivity index (χ1n) is 46.3. The number of aromatic amines is 1. The molecule has 0 radical (unpaired) electrons. The van der Waals surface area contributed by atoms with Crippen LogP contribution in [0.4, 0.5) is 0 Å². The smallest absolute Gasteiger partial charge is 0.243 e. The highest BCUT2D eigenvalue weighted by molar-refractivity contribution is 6.01. The lowest BCUT2D eigenvalue weighted by molar-refractivity contribution is -0.136. The van der Waals surface area contributed by atoms with E-state index in [1.54, 1.807) is 112 Å². The number of hydrogen-bond donors (Lipinski definition) is 32. The molecule has 1 heterocycles. The number of H-pyrrole nitrogens is 1. The molecule has 758 valence electrons. The summed E-state index contributed by atoms with van der Waals surface area (Å²) in [5, 5.41) is 90.1. The lowest BCUT2D eigenvalue weighted by Crippen LogP contribution is -2.61. The third-order valence-corrected chi connectivity index (χ3v) is 22.0. The summed E-state index contributed by atoms with van der Waals surface area (Å²) in [6.07, 6.45) is 2.26. The van der Waals surface area contributed by atoms with Crippen LogP contribution in [0.5, 0.6) is 0 Å². The molecule has 0 aliphatic heterocycles. The number of rotatable bonds is 63. The minimum Gasteiger partial charge on any atom is -0.370 e. The van der Waals surface area contributed by atoms with Crippen LogP contribution in [0.3, 0.4) is 0 Å². The first-order valence-corrected chi connectivity index (χ1v) is 46.3. The zero-order chi connectivity index (χ0) is 102. The fourth-order valence-electron chi connectivity index (χ4n) is 14.4. The van der Waals surface area contributed by atoms with Crippen LogP contribution in [0, 0.1) is 62.6 Å². The number of fused-ring (bicyclic) bond motifs is 1. The second kappa shape index (κ2) is 60.6. The first-order chi connectivity index (χ1) is 64.0. The van der Waals surface area contributed by atoms with Crippen LogP contribution in [0.2, 0.25) is 0 Å². The number of carbonyl (C=O) groups excluding carboxylic acids is 15. The van der Waals surface area contributed by atoms with E-state index in [2.05, 4.69) is 106 Å². The number of primary amides is 1. The van der Waals surface area contributed by atoms with Gasteiger partial charge in [0.15, 0.2) is 29.8 Å². The molecule has 0 spiro atoms. The maximum atomic E-state index is 15.2. The highest BCUT2D eigenvalue weighted by Gasteiger charge is 2.40. The van der Waals surface area contributed by atoms with Crippen molar-refractivity contribution in [2.45, 2.75) is 277 Å². The molecule has 136 heavy (non-hydrogen) atoms. The highest BCUT2D eigenvalue weighted by atomic mass is 16.2. The lowest BCUT2D eigenvalue weighted by atomic mass is 9.97. The number of para-hydroxylation sites is 1. The van der Waals surface area contributed by atoms with Crippen molar-refractivity contribution < 1.29 is 71.9 Å². The first kappa shape index (κ1) is 117. The Kier molecular flexibility index (Phi) is 51.9. The summed E-state index contributed by atoms with van der Waals surface area (Å²) in [5.74, 6) is -16.7. The fraction of sp³-hybridized carbons (Fsp3) is 0.618. The monoisotopic (exact) mass is 1910 g/mol. The molecule has 47 nitrogen and oxygen atoms in total. The summed E-state index contributed by atoms with van der Waals surface area (Å²) in [6.45, 7) is 21.7. The van der Waals surface area contributed by atoms with Gasteiger partial charge in [-0.2, -0.15) is 0 Å². The molecule has 39 N–H and O–H groups in total. The van der Waals surface area contributed by atoms with Gasteiger partial charge >= 0.3 is 0 Å². The van der Waals surface area contributed by atoms with Crippen LogP contribution in [-0.2, 0) is 84.8 Å². The predicted molar refractivity (Wildman–Crippen MR) is 516 cm³/mol. The van der Waals surface area contributed by atoms with Crippen LogP contribution in [-0.4, -0.2) is 247 Å². The maximum absolute atomic E-state index is 15.2. The van der Waals surface area contributed by atoms with Gasteiger partial charge in [0, 0.05) is 62.7 Å². The van der Waals surface area contributed by atoms with Crippen molar-refractivity contribution in [3.05, 3.63) is 71.9 Å². The van der Waals surface area contributed by atoms with Crippen molar-refractivity contribution in [1.29, 1.82) is 27.0 Å². The van der Waals surface area contributed by atoms with Crippen molar-refractivity contribution in [1.82, 2.24) is 106 Å². The molecule has 0 saturated carbocycles. The van der Waals surface area contributed by atoms with Crippen molar-refractivity contribution in [2.75, 3.05) is 39.3 Å². The standard InChI is InChI=1S/C89H152N32O15/c1-14-51(12)70(82(134)108-45-67(122)109-52(13)72(124)119-68(49(8)9)84(136)118-64(41-48(6)7)78(130)113-60(32-23-37-105-88(98)99)76(128)120-69(50(10)11)83(135)114-62(71(91)123)39-46(2)3)121-77(129)61(33-24-38-106-89(100)101)110-74(126)58(30-21-35-103-86(94)95)111-80(132)65(42-53-25-16-15-17-26-53)117-79(131)63(40-47(4)5)116-75(127)59(31-22-36-104-87(96)97)112-81(133)66(43-54-44-107-57-29-19-18-27-55(54)57)115-73(125)56(90)28-20-34-102-85(92)93/h15-19,25-27,29,44,46-52,56,58-66,68-70,107H,14,20-24,28,30-43,45,90H2,1-13H3,(H2,91,123)(H,108,134)(H,109,122)(H,110,126)(H,111,132)(H,112,133)(H,113,130)(H,114,135)(H,115,125)(H,116,127)(H,117,131)(H,118,136)(H,119,124)(H,120,128)(H,121,129)(H4,92,93,102)(H4,94,95,103)(H4,96,97,104)(H4,98,99,105)(H4,100,101,106)/t51-,52-,56-,58-,59-,60-,61-,62-,63-,64-,65-,66-,68-,69-,70-/m0/s1. The van der Waals surface area contributed by atoms with Crippen molar-refractivity contribution in [3.63, 3.8) is 0 Å². The SMILES string of the molecule is CC[C@H](C)[C@H](NC(=O)[C@H](CCCNC(=N)N)NC(=O)[C@H](CCCNC(=N)N)NC(=O)[C@H](Cc1ccccc1)NC(=O)[C@H](CC(C)C)NC(=O)[C@H](CCCNC(=N)N)NC(=O)[C@H](Cc1c[nH]c2ccccc12)NC(=O)[C@@H](N)CCCNC(=N)N)C(=O)NCC(=O)N[C@@H](C)C(=O)N[C@H](C(=O)N[C@@H](CC(C)C)C(=O)N[C@@H](CCCNC(=N)N)C(=O)N[C@H](C(=O)N[C@@H](CC(C)C)C(N)=O)C(C)C)C(C)C. The molecule has 0 saturated heterocycles. The normalized spacial score (nSPS) is 14.5. The average Bonchev–Trinajstić information content (AvgIpc) is 1.78. The Hall–Kier alpha value is -13.7.